The van der Waals surface area contributed by atoms with Crippen LogP contribution in [0, 0.1) is 0 Å². The van der Waals surface area contributed by atoms with Gasteiger partial charge in [0.1, 0.15) is 0 Å². The maximum Gasteiger partial charge on any atom is 0.0594 e. The van der Waals surface area contributed by atoms with Crippen molar-refractivity contribution in [1.82, 2.24) is 17.2 Å². The van der Waals surface area contributed by atoms with Crippen molar-refractivity contribution in [3.63, 3.8) is 0 Å². The summed E-state index contributed by atoms with van der Waals surface area (Å²) >= 11 is 0. The van der Waals surface area contributed by atoms with Crippen LogP contribution in [0.1, 0.15) is 5.56 Å². The number of morpholine rings is 1. The van der Waals surface area contributed by atoms with E-state index in [1.807, 2.05) is 18.2 Å². The second-order valence-corrected chi connectivity index (χ2v) is 3.85. The van der Waals surface area contributed by atoms with Crippen LogP contribution in [-0.2, 0) is 11.3 Å². The van der Waals surface area contributed by atoms with Crippen molar-refractivity contribution in [2.45, 2.75) is 6.54 Å². The average Bonchev–Trinajstić information content (AvgIpc) is 2.25. The predicted octanol–water partition coefficient (Wildman–Crippen LogP) is 1.01. The summed E-state index contributed by atoms with van der Waals surface area (Å²) in [4.78, 5) is 2.36. The number of benzene rings is 1. The Morgan fingerprint density at radius 2 is 1.71 bits per heavy atom. The van der Waals surface area contributed by atoms with Gasteiger partial charge in [-0.05, 0) is 17.7 Å². The van der Waals surface area contributed by atoms with Crippen molar-refractivity contribution in [3.05, 3.63) is 23.8 Å². The maximum atomic E-state index is 5.76. The van der Waals surface area contributed by atoms with E-state index in [9.17, 15) is 0 Å². The third-order valence-corrected chi connectivity index (χ3v) is 2.66. The molecule has 0 spiro atoms. The van der Waals surface area contributed by atoms with Gasteiger partial charge in [-0.1, -0.05) is 6.07 Å². The summed E-state index contributed by atoms with van der Waals surface area (Å²) in [5.74, 6) is 0. The average molecular weight is 241 g/mol. The summed E-state index contributed by atoms with van der Waals surface area (Å²) in [7, 11) is 0. The molecule has 1 heterocycles. The lowest BCUT2D eigenvalue weighted by Gasteiger charge is -2.26. The first-order valence-electron chi connectivity index (χ1n) is 5.19. The van der Waals surface area contributed by atoms with Gasteiger partial charge in [-0.15, -0.1) is 0 Å². The SMILES string of the molecule is N.N.Nc1ccc(CN2CCOCC2)cc1N. The first-order valence-corrected chi connectivity index (χ1v) is 5.19. The Kier molecular flexibility index (Phi) is 6.52. The largest absolute Gasteiger partial charge is 0.397 e. The van der Waals surface area contributed by atoms with Crippen LogP contribution in [-0.4, -0.2) is 31.2 Å². The summed E-state index contributed by atoms with van der Waals surface area (Å²) in [6.07, 6.45) is 0. The Bertz CT molecular complexity index is 339. The van der Waals surface area contributed by atoms with Crippen molar-refractivity contribution >= 4 is 11.4 Å². The molecule has 6 heteroatoms. The Balaban J connectivity index is 0.00000128. The van der Waals surface area contributed by atoms with E-state index in [1.54, 1.807) is 0 Å². The van der Waals surface area contributed by atoms with Gasteiger partial charge in [0.15, 0.2) is 0 Å². The Morgan fingerprint density at radius 3 is 2.29 bits per heavy atom. The molecule has 6 nitrogen and oxygen atoms in total. The molecule has 0 saturated carbocycles. The maximum absolute atomic E-state index is 5.76. The van der Waals surface area contributed by atoms with Crippen LogP contribution in [0.25, 0.3) is 0 Å². The molecule has 1 aliphatic heterocycles. The van der Waals surface area contributed by atoms with E-state index in [0.29, 0.717) is 11.4 Å². The van der Waals surface area contributed by atoms with Gasteiger partial charge in [-0.25, -0.2) is 0 Å². The van der Waals surface area contributed by atoms with Gasteiger partial charge < -0.3 is 28.5 Å². The number of ether oxygens (including phenoxy) is 1. The van der Waals surface area contributed by atoms with Gasteiger partial charge in [0, 0.05) is 19.6 Å². The molecule has 17 heavy (non-hydrogen) atoms. The molecule has 0 aromatic heterocycles. The van der Waals surface area contributed by atoms with Crippen LogP contribution >= 0.6 is 0 Å². The highest BCUT2D eigenvalue weighted by molar-refractivity contribution is 5.63. The van der Waals surface area contributed by atoms with Crippen LogP contribution in [0.2, 0.25) is 0 Å². The Labute approximate surface area is 102 Å². The topological polar surface area (TPSA) is 135 Å². The number of rotatable bonds is 2. The van der Waals surface area contributed by atoms with E-state index in [0.717, 1.165) is 32.8 Å². The standard InChI is InChI=1S/C11H17N3O.2H3N/c12-10-2-1-9(7-11(10)13)8-14-3-5-15-6-4-14;;/h1-2,7H,3-6,8,12-13H2;2*1H3. The zero-order valence-electron chi connectivity index (χ0n) is 10.2. The zero-order chi connectivity index (χ0) is 10.7. The molecule has 1 aliphatic rings. The van der Waals surface area contributed by atoms with E-state index in [-0.39, 0.29) is 12.3 Å². The summed E-state index contributed by atoms with van der Waals surface area (Å²) < 4.78 is 5.29. The minimum atomic E-state index is 0. The van der Waals surface area contributed by atoms with E-state index in [2.05, 4.69) is 4.90 Å². The van der Waals surface area contributed by atoms with Gasteiger partial charge in [0.05, 0.1) is 24.6 Å². The molecule has 0 radical (unpaired) electrons. The van der Waals surface area contributed by atoms with E-state index in [1.165, 1.54) is 5.56 Å². The van der Waals surface area contributed by atoms with Gasteiger partial charge in [0.2, 0.25) is 0 Å². The van der Waals surface area contributed by atoms with Crippen LogP contribution in [0.15, 0.2) is 18.2 Å². The summed E-state index contributed by atoms with van der Waals surface area (Å²) in [6, 6.07) is 5.84. The van der Waals surface area contributed by atoms with Crippen molar-refractivity contribution in [3.8, 4) is 0 Å². The van der Waals surface area contributed by atoms with Gasteiger partial charge in [-0.2, -0.15) is 0 Å². The highest BCUT2D eigenvalue weighted by Gasteiger charge is 2.10. The van der Waals surface area contributed by atoms with Crippen molar-refractivity contribution in [1.29, 1.82) is 0 Å². The third-order valence-electron chi connectivity index (χ3n) is 2.66. The monoisotopic (exact) mass is 241 g/mol. The zero-order valence-corrected chi connectivity index (χ0v) is 10.2. The lowest BCUT2D eigenvalue weighted by atomic mass is 10.1. The summed E-state index contributed by atoms with van der Waals surface area (Å²) in [5.41, 5.74) is 14.0. The normalized spacial score (nSPS) is 15.8. The molecule has 1 aromatic rings. The molecule has 10 N–H and O–H groups in total. The second kappa shape index (κ2) is 7.08. The Morgan fingerprint density at radius 1 is 1.06 bits per heavy atom. The van der Waals surface area contributed by atoms with Gasteiger partial charge >= 0.3 is 0 Å². The van der Waals surface area contributed by atoms with Crippen LogP contribution < -0.4 is 23.8 Å². The second-order valence-electron chi connectivity index (χ2n) is 3.85. The molecule has 0 amide bonds. The lowest BCUT2D eigenvalue weighted by molar-refractivity contribution is 0.0342. The fraction of sp³-hybridized carbons (Fsp3) is 0.455. The first-order chi connectivity index (χ1) is 7.25. The highest BCUT2D eigenvalue weighted by atomic mass is 16.5. The third kappa shape index (κ3) is 4.20. The van der Waals surface area contributed by atoms with Gasteiger partial charge in [0.25, 0.3) is 0 Å². The van der Waals surface area contributed by atoms with Gasteiger partial charge in [-0.3, -0.25) is 4.90 Å². The molecule has 1 saturated heterocycles. The predicted molar refractivity (Wildman–Crippen MR) is 71.4 cm³/mol. The summed E-state index contributed by atoms with van der Waals surface area (Å²) in [6.45, 7) is 4.55. The fourth-order valence-electron chi connectivity index (χ4n) is 1.74. The summed E-state index contributed by atoms with van der Waals surface area (Å²) in [5, 5.41) is 0. The minimum Gasteiger partial charge on any atom is -0.397 e. The number of nitrogens with zero attached hydrogens (tertiary/aromatic N) is 1. The fourth-order valence-corrected chi connectivity index (χ4v) is 1.74. The van der Waals surface area contributed by atoms with E-state index in [4.69, 9.17) is 16.2 Å². The molecular weight excluding hydrogens is 218 g/mol. The van der Waals surface area contributed by atoms with Crippen molar-refractivity contribution in [2.24, 2.45) is 0 Å². The molecule has 98 valence electrons. The molecule has 1 fully saturated rings. The van der Waals surface area contributed by atoms with E-state index >= 15 is 0 Å². The molecule has 0 unspecified atom stereocenters. The molecule has 0 bridgehead atoms. The molecule has 2 rings (SSSR count). The highest BCUT2D eigenvalue weighted by Crippen LogP contribution is 2.17. The van der Waals surface area contributed by atoms with Crippen LogP contribution in [0.3, 0.4) is 0 Å². The number of anilines is 2. The van der Waals surface area contributed by atoms with Crippen molar-refractivity contribution in [2.75, 3.05) is 37.8 Å². The smallest absolute Gasteiger partial charge is 0.0594 e. The molecular formula is C11H23N5O. The number of hydrogen-bond donors (Lipinski definition) is 4. The molecule has 1 aromatic carbocycles. The van der Waals surface area contributed by atoms with Crippen LogP contribution in [0.4, 0.5) is 11.4 Å². The number of nitrogens with two attached hydrogens (primary N) is 2. The minimum absolute atomic E-state index is 0. The Hall–Kier alpha value is -1.34. The molecule has 0 aliphatic carbocycles. The van der Waals surface area contributed by atoms with Crippen LogP contribution in [0.5, 0.6) is 0 Å². The van der Waals surface area contributed by atoms with E-state index < -0.39 is 0 Å². The first kappa shape index (κ1) is 15.7. The quantitative estimate of drug-likeness (QED) is 0.571. The number of hydrogen-bond acceptors (Lipinski definition) is 6. The van der Waals surface area contributed by atoms with Crippen molar-refractivity contribution < 1.29 is 4.74 Å². The molecule has 0 atom stereocenters. The lowest BCUT2D eigenvalue weighted by Crippen LogP contribution is -2.35. The number of nitrogen functional groups attached to an aromatic ring is 2.